The number of ether oxygens (including phenoxy) is 1. The van der Waals surface area contributed by atoms with Crippen molar-refractivity contribution in [3.8, 4) is 5.75 Å². The van der Waals surface area contributed by atoms with Crippen LogP contribution in [0.1, 0.15) is 32.3 Å². The first kappa shape index (κ1) is 18.5. The fourth-order valence-corrected chi connectivity index (χ4v) is 3.52. The SMILES string of the molecule is COc1ccc(CN(C(=O)CC2=CCNCC2)C(C)C)c2ccccc12. The Bertz CT molecular complexity index is 811. The summed E-state index contributed by atoms with van der Waals surface area (Å²) in [5.74, 6) is 1.07. The van der Waals surface area contributed by atoms with E-state index >= 15 is 0 Å². The molecule has 1 amide bonds. The van der Waals surface area contributed by atoms with Gasteiger partial charge in [0.1, 0.15) is 5.75 Å². The highest BCUT2D eigenvalue weighted by molar-refractivity contribution is 5.91. The number of hydrogen-bond donors (Lipinski definition) is 1. The molecule has 0 aliphatic carbocycles. The maximum absolute atomic E-state index is 13.0. The molecule has 0 spiro atoms. The van der Waals surface area contributed by atoms with Gasteiger partial charge in [-0.2, -0.15) is 0 Å². The van der Waals surface area contributed by atoms with Crippen molar-refractivity contribution in [2.75, 3.05) is 20.2 Å². The van der Waals surface area contributed by atoms with Gasteiger partial charge in [0.25, 0.3) is 0 Å². The Labute approximate surface area is 155 Å². The molecular weight excluding hydrogens is 324 g/mol. The first-order chi connectivity index (χ1) is 12.6. The molecule has 4 heteroatoms. The molecule has 0 saturated carbocycles. The van der Waals surface area contributed by atoms with Gasteiger partial charge in [0.2, 0.25) is 5.91 Å². The quantitative estimate of drug-likeness (QED) is 0.802. The van der Waals surface area contributed by atoms with Crippen molar-refractivity contribution in [3.63, 3.8) is 0 Å². The predicted molar refractivity (Wildman–Crippen MR) is 106 cm³/mol. The molecule has 3 rings (SSSR count). The Morgan fingerprint density at radius 1 is 1.19 bits per heavy atom. The van der Waals surface area contributed by atoms with Gasteiger partial charge in [-0.25, -0.2) is 0 Å². The lowest BCUT2D eigenvalue weighted by molar-refractivity contribution is -0.132. The third kappa shape index (κ3) is 4.07. The number of amides is 1. The Kier molecular flexibility index (Phi) is 5.94. The van der Waals surface area contributed by atoms with Crippen LogP contribution in [0.2, 0.25) is 0 Å². The summed E-state index contributed by atoms with van der Waals surface area (Å²) in [7, 11) is 1.69. The van der Waals surface area contributed by atoms with E-state index in [4.69, 9.17) is 4.74 Å². The summed E-state index contributed by atoms with van der Waals surface area (Å²) in [6.07, 6.45) is 3.64. The maximum atomic E-state index is 13.0. The highest BCUT2D eigenvalue weighted by Gasteiger charge is 2.20. The number of hydrogen-bond acceptors (Lipinski definition) is 3. The smallest absolute Gasteiger partial charge is 0.227 e. The first-order valence-electron chi connectivity index (χ1n) is 9.33. The van der Waals surface area contributed by atoms with Crippen LogP contribution in [0.15, 0.2) is 48.0 Å². The van der Waals surface area contributed by atoms with Crippen LogP contribution in [-0.2, 0) is 11.3 Å². The number of fused-ring (bicyclic) bond motifs is 1. The molecule has 1 heterocycles. The van der Waals surface area contributed by atoms with Crippen LogP contribution in [0.5, 0.6) is 5.75 Å². The molecule has 0 atom stereocenters. The van der Waals surface area contributed by atoms with Gasteiger partial charge < -0.3 is 15.0 Å². The molecule has 0 radical (unpaired) electrons. The summed E-state index contributed by atoms with van der Waals surface area (Å²) in [5.41, 5.74) is 2.40. The van der Waals surface area contributed by atoms with E-state index in [9.17, 15) is 4.79 Å². The van der Waals surface area contributed by atoms with E-state index in [1.54, 1.807) is 7.11 Å². The lowest BCUT2D eigenvalue weighted by Gasteiger charge is -2.28. The molecule has 0 fully saturated rings. The minimum Gasteiger partial charge on any atom is -0.496 e. The molecule has 4 nitrogen and oxygen atoms in total. The van der Waals surface area contributed by atoms with Crippen molar-refractivity contribution in [3.05, 3.63) is 53.6 Å². The summed E-state index contributed by atoms with van der Waals surface area (Å²) in [5, 5.41) is 5.53. The van der Waals surface area contributed by atoms with E-state index in [0.717, 1.165) is 41.6 Å². The zero-order valence-electron chi connectivity index (χ0n) is 15.9. The number of carbonyl (C=O) groups excluding carboxylic acids is 1. The maximum Gasteiger partial charge on any atom is 0.227 e. The average molecular weight is 352 g/mol. The third-order valence-corrected chi connectivity index (χ3v) is 5.01. The van der Waals surface area contributed by atoms with E-state index in [1.807, 2.05) is 23.1 Å². The van der Waals surface area contributed by atoms with Crippen molar-refractivity contribution < 1.29 is 9.53 Å². The van der Waals surface area contributed by atoms with E-state index < -0.39 is 0 Å². The van der Waals surface area contributed by atoms with Crippen LogP contribution >= 0.6 is 0 Å². The number of benzene rings is 2. The van der Waals surface area contributed by atoms with Crippen LogP contribution in [0.3, 0.4) is 0 Å². The van der Waals surface area contributed by atoms with Crippen LogP contribution in [0, 0.1) is 0 Å². The van der Waals surface area contributed by atoms with Gasteiger partial charge in [-0.1, -0.05) is 42.0 Å². The molecule has 0 unspecified atom stereocenters. The molecule has 0 bridgehead atoms. The van der Waals surface area contributed by atoms with Crippen molar-refractivity contribution in [1.82, 2.24) is 10.2 Å². The van der Waals surface area contributed by atoms with E-state index in [-0.39, 0.29) is 11.9 Å². The van der Waals surface area contributed by atoms with Gasteiger partial charge in [0, 0.05) is 30.9 Å². The third-order valence-electron chi connectivity index (χ3n) is 5.01. The topological polar surface area (TPSA) is 41.6 Å². The highest BCUT2D eigenvalue weighted by Crippen LogP contribution is 2.29. The molecule has 138 valence electrons. The van der Waals surface area contributed by atoms with Gasteiger partial charge in [0.05, 0.1) is 7.11 Å². The zero-order chi connectivity index (χ0) is 18.5. The fourth-order valence-electron chi connectivity index (χ4n) is 3.52. The Morgan fingerprint density at radius 2 is 1.96 bits per heavy atom. The molecule has 26 heavy (non-hydrogen) atoms. The number of nitrogens with zero attached hydrogens (tertiary/aromatic N) is 1. The molecule has 2 aromatic carbocycles. The minimum atomic E-state index is 0.158. The molecule has 1 N–H and O–H groups in total. The second-order valence-corrected chi connectivity index (χ2v) is 7.08. The van der Waals surface area contributed by atoms with Crippen LogP contribution in [0.25, 0.3) is 10.8 Å². The number of nitrogens with one attached hydrogen (secondary N) is 1. The fraction of sp³-hybridized carbons (Fsp3) is 0.409. The summed E-state index contributed by atoms with van der Waals surface area (Å²) in [6.45, 7) is 6.62. The molecule has 0 saturated heterocycles. The second-order valence-electron chi connectivity index (χ2n) is 7.08. The molecule has 2 aromatic rings. The standard InChI is InChI=1S/C22H28N2O2/c1-16(2)24(22(25)14-17-10-12-23-13-11-17)15-18-8-9-21(26-3)20-7-5-4-6-19(18)20/h4-10,16,23H,11-15H2,1-3H3. The van der Waals surface area contributed by atoms with Crippen molar-refractivity contribution in [2.24, 2.45) is 0 Å². The van der Waals surface area contributed by atoms with E-state index in [2.05, 4.69) is 43.4 Å². The summed E-state index contributed by atoms with van der Waals surface area (Å²) >= 11 is 0. The lowest BCUT2D eigenvalue weighted by Crippen LogP contribution is -2.37. The van der Waals surface area contributed by atoms with E-state index in [0.29, 0.717) is 13.0 Å². The number of rotatable bonds is 6. The Morgan fingerprint density at radius 3 is 2.62 bits per heavy atom. The van der Waals surface area contributed by atoms with Gasteiger partial charge in [0.15, 0.2) is 0 Å². The van der Waals surface area contributed by atoms with Crippen LogP contribution in [0.4, 0.5) is 0 Å². The summed E-state index contributed by atoms with van der Waals surface area (Å²) in [6, 6.07) is 12.5. The molecule has 1 aliphatic rings. The number of methoxy groups -OCH3 is 1. The van der Waals surface area contributed by atoms with Crippen molar-refractivity contribution in [2.45, 2.75) is 39.3 Å². The van der Waals surface area contributed by atoms with Crippen LogP contribution < -0.4 is 10.1 Å². The van der Waals surface area contributed by atoms with Gasteiger partial charge >= 0.3 is 0 Å². The normalized spacial score (nSPS) is 14.4. The average Bonchev–Trinajstić information content (AvgIpc) is 2.66. The van der Waals surface area contributed by atoms with Crippen LogP contribution in [-0.4, -0.2) is 37.0 Å². The molecular formula is C22H28N2O2. The van der Waals surface area contributed by atoms with Crippen molar-refractivity contribution >= 4 is 16.7 Å². The van der Waals surface area contributed by atoms with Gasteiger partial charge in [-0.3, -0.25) is 4.79 Å². The largest absolute Gasteiger partial charge is 0.496 e. The van der Waals surface area contributed by atoms with Gasteiger partial charge in [-0.05, 0) is 43.8 Å². The summed E-state index contributed by atoms with van der Waals surface area (Å²) < 4.78 is 5.49. The minimum absolute atomic E-state index is 0.158. The molecule has 0 aromatic heterocycles. The second kappa shape index (κ2) is 8.37. The first-order valence-corrected chi connectivity index (χ1v) is 9.33. The monoisotopic (exact) mass is 352 g/mol. The Hall–Kier alpha value is -2.33. The van der Waals surface area contributed by atoms with E-state index in [1.165, 1.54) is 5.57 Å². The predicted octanol–water partition coefficient (Wildman–Crippen LogP) is 3.90. The van der Waals surface area contributed by atoms with Gasteiger partial charge in [-0.15, -0.1) is 0 Å². The Balaban J connectivity index is 1.85. The van der Waals surface area contributed by atoms with Crippen molar-refractivity contribution in [1.29, 1.82) is 0 Å². The summed E-state index contributed by atoms with van der Waals surface area (Å²) in [4.78, 5) is 14.9. The zero-order valence-corrected chi connectivity index (χ0v) is 15.9. The number of carbonyl (C=O) groups is 1. The highest BCUT2D eigenvalue weighted by atomic mass is 16.5. The lowest BCUT2D eigenvalue weighted by atomic mass is 10.0. The molecule has 1 aliphatic heterocycles.